The van der Waals surface area contributed by atoms with Gasteiger partial charge in [0, 0.05) is 16.6 Å². The Hall–Kier alpha value is -2.99. The van der Waals surface area contributed by atoms with Crippen molar-refractivity contribution in [2.45, 2.75) is 39.0 Å². The molecule has 6 heteroatoms. The summed E-state index contributed by atoms with van der Waals surface area (Å²) in [6.07, 6.45) is 6.78. The molecule has 2 heterocycles. The Morgan fingerprint density at radius 3 is 2.52 bits per heavy atom. The van der Waals surface area contributed by atoms with Crippen LogP contribution in [0.25, 0.3) is 0 Å². The number of rotatable bonds is 4. The lowest BCUT2D eigenvalue weighted by Crippen LogP contribution is -2.19. The van der Waals surface area contributed by atoms with E-state index < -0.39 is 0 Å². The number of fused-ring (bicyclic) bond motifs is 1. The van der Waals surface area contributed by atoms with Gasteiger partial charge in [0.1, 0.15) is 10.8 Å². The summed E-state index contributed by atoms with van der Waals surface area (Å²) < 4.78 is 0. The molecule has 0 unspecified atom stereocenters. The Bertz CT molecular complexity index is 1040. The van der Waals surface area contributed by atoms with Crippen molar-refractivity contribution in [1.29, 1.82) is 0 Å². The summed E-state index contributed by atoms with van der Waals surface area (Å²) >= 11 is 1.53. The monoisotopic (exact) mass is 405 g/mol. The van der Waals surface area contributed by atoms with Gasteiger partial charge in [0.25, 0.3) is 11.8 Å². The topological polar surface area (TPSA) is 71.1 Å². The summed E-state index contributed by atoms with van der Waals surface area (Å²) in [5, 5.41) is 6.52. The van der Waals surface area contributed by atoms with Crippen LogP contribution in [0.15, 0.2) is 48.7 Å². The number of carbonyl (C=O) groups is 2. The first-order chi connectivity index (χ1) is 14.1. The van der Waals surface area contributed by atoms with Crippen molar-refractivity contribution in [3.63, 3.8) is 0 Å². The van der Waals surface area contributed by atoms with Crippen LogP contribution in [0.4, 0.5) is 10.8 Å². The number of carbonyl (C=O) groups excluding carboxylic acids is 2. The number of aryl methyl sites for hydroxylation is 2. The molecule has 29 heavy (non-hydrogen) atoms. The van der Waals surface area contributed by atoms with Gasteiger partial charge < -0.3 is 10.6 Å². The molecule has 0 radical (unpaired) electrons. The maximum Gasteiger partial charge on any atom is 0.260 e. The number of anilines is 2. The van der Waals surface area contributed by atoms with Crippen molar-refractivity contribution in [2.24, 2.45) is 0 Å². The van der Waals surface area contributed by atoms with Crippen molar-refractivity contribution in [1.82, 2.24) is 4.98 Å². The lowest BCUT2D eigenvalue weighted by atomic mass is 10.0. The van der Waals surface area contributed by atoms with Crippen LogP contribution in [0.3, 0.4) is 0 Å². The zero-order valence-corrected chi connectivity index (χ0v) is 17.1. The molecule has 0 saturated heterocycles. The summed E-state index contributed by atoms with van der Waals surface area (Å²) in [4.78, 5) is 31.5. The number of hydrogen-bond donors (Lipinski definition) is 2. The second kappa shape index (κ2) is 8.57. The van der Waals surface area contributed by atoms with E-state index in [0.29, 0.717) is 21.9 Å². The van der Waals surface area contributed by atoms with Crippen LogP contribution in [-0.2, 0) is 12.8 Å². The van der Waals surface area contributed by atoms with Crippen LogP contribution >= 0.6 is 11.3 Å². The molecule has 4 rings (SSSR count). The van der Waals surface area contributed by atoms with Crippen molar-refractivity contribution in [3.05, 3.63) is 75.8 Å². The highest BCUT2D eigenvalue weighted by Gasteiger charge is 2.26. The molecule has 1 aromatic carbocycles. The first kappa shape index (κ1) is 19.3. The first-order valence-electron chi connectivity index (χ1n) is 9.87. The Morgan fingerprint density at radius 1 is 0.931 bits per heavy atom. The Labute approximate surface area is 174 Å². The molecular weight excluding hydrogens is 382 g/mol. The summed E-state index contributed by atoms with van der Waals surface area (Å²) in [5.41, 5.74) is 3.18. The van der Waals surface area contributed by atoms with E-state index >= 15 is 0 Å². The van der Waals surface area contributed by atoms with Gasteiger partial charge in [0.05, 0.1) is 5.56 Å². The fourth-order valence-electron chi connectivity index (χ4n) is 3.68. The number of aromatic nitrogens is 1. The average molecular weight is 406 g/mol. The Morgan fingerprint density at radius 2 is 1.72 bits per heavy atom. The predicted molar refractivity (Wildman–Crippen MR) is 117 cm³/mol. The number of benzene rings is 1. The SMILES string of the molecule is Cc1ccccc1C(=O)Nc1sc2c(c1C(=O)Nc1ccccn1)CCCCC2. The van der Waals surface area contributed by atoms with Crippen molar-refractivity contribution < 1.29 is 9.59 Å². The largest absolute Gasteiger partial charge is 0.313 e. The number of hydrogen-bond acceptors (Lipinski definition) is 4. The molecule has 0 atom stereocenters. The van der Waals surface area contributed by atoms with Crippen molar-refractivity contribution in [2.75, 3.05) is 10.6 Å². The van der Waals surface area contributed by atoms with Crippen LogP contribution in [0.5, 0.6) is 0 Å². The van der Waals surface area contributed by atoms with E-state index in [-0.39, 0.29) is 11.8 Å². The van der Waals surface area contributed by atoms with Gasteiger partial charge in [0.15, 0.2) is 0 Å². The van der Waals surface area contributed by atoms with E-state index in [9.17, 15) is 9.59 Å². The van der Waals surface area contributed by atoms with Gasteiger partial charge in [-0.25, -0.2) is 4.98 Å². The molecule has 0 aliphatic heterocycles. The van der Waals surface area contributed by atoms with Crippen LogP contribution in [0.1, 0.15) is 56.0 Å². The van der Waals surface area contributed by atoms with Crippen LogP contribution in [-0.4, -0.2) is 16.8 Å². The number of nitrogens with one attached hydrogen (secondary N) is 2. The maximum absolute atomic E-state index is 13.2. The van der Waals surface area contributed by atoms with Crippen molar-refractivity contribution >= 4 is 34.0 Å². The highest BCUT2D eigenvalue weighted by Crippen LogP contribution is 2.38. The molecule has 0 spiro atoms. The molecule has 2 aromatic heterocycles. The molecular formula is C23H23N3O2S. The van der Waals surface area contributed by atoms with Crippen molar-refractivity contribution in [3.8, 4) is 0 Å². The number of nitrogens with zero attached hydrogens (tertiary/aromatic N) is 1. The minimum absolute atomic E-state index is 0.189. The summed E-state index contributed by atoms with van der Waals surface area (Å²) in [5.74, 6) is 0.0943. The van der Waals surface area contributed by atoms with Gasteiger partial charge in [-0.3, -0.25) is 9.59 Å². The highest BCUT2D eigenvalue weighted by molar-refractivity contribution is 7.17. The maximum atomic E-state index is 13.2. The van der Waals surface area contributed by atoms with E-state index in [1.165, 1.54) is 16.2 Å². The number of pyridine rings is 1. The quantitative estimate of drug-likeness (QED) is 0.584. The zero-order valence-electron chi connectivity index (χ0n) is 16.3. The van der Waals surface area contributed by atoms with Gasteiger partial charge in [-0.2, -0.15) is 0 Å². The van der Waals surface area contributed by atoms with E-state index in [2.05, 4.69) is 15.6 Å². The standard InChI is InChI=1S/C23H23N3O2S/c1-15-9-5-6-10-16(15)21(27)26-23-20(17-11-3-2-4-12-18(17)29-23)22(28)25-19-13-7-8-14-24-19/h5-10,13-14H,2-4,11-12H2,1H3,(H,26,27)(H,24,25,28). The molecule has 3 aromatic rings. The smallest absolute Gasteiger partial charge is 0.260 e. The molecule has 5 nitrogen and oxygen atoms in total. The van der Waals surface area contributed by atoms with E-state index in [0.717, 1.165) is 43.2 Å². The molecule has 0 fully saturated rings. The highest BCUT2D eigenvalue weighted by atomic mass is 32.1. The molecule has 1 aliphatic rings. The zero-order chi connectivity index (χ0) is 20.2. The fraction of sp³-hybridized carbons (Fsp3) is 0.261. The van der Waals surface area contributed by atoms with Crippen LogP contribution in [0.2, 0.25) is 0 Å². The fourth-order valence-corrected chi connectivity index (χ4v) is 4.97. The normalized spacial score (nSPS) is 13.3. The second-order valence-corrected chi connectivity index (χ2v) is 8.31. The molecule has 2 N–H and O–H groups in total. The predicted octanol–water partition coefficient (Wildman–Crippen LogP) is 5.23. The summed E-state index contributed by atoms with van der Waals surface area (Å²) in [7, 11) is 0. The minimum Gasteiger partial charge on any atom is -0.313 e. The van der Waals surface area contributed by atoms with Crippen LogP contribution < -0.4 is 10.6 Å². The van der Waals surface area contributed by atoms with E-state index in [1.54, 1.807) is 24.4 Å². The molecule has 0 bridgehead atoms. The summed E-state index contributed by atoms with van der Waals surface area (Å²) in [6, 6.07) is 12.9. The minimum atomic E-state index is -0.219. The van der Waals surface area contributed by atoms with Gasteiger partial charge in [-0.15, -0.1) is 11.3 Å². The van der Waals surface area contributed by atoms with Gasteiger partial charge in [0.2, 0.25) is 0 Å². The number of amides is 2. The summed E-state index contributed by atoms with van der Waals surface area (Å²) in [6.45, 7) is 1.91. The lowest BCUT2D eigenvalue weighted by Gasteiger charge is -2.10. The van der Waals surface area contributed by atoms with Gasteiger partial charge in [-0.1, -0.05) is 30.7 Å². The third kappa shape index (κ3) is 4.22. The Kier molecular flexibility index (Phi) is 5.71. The molecule has 1 aliphatic carbocycles. The van der Waals surface area contributed by atoms with E-state index in [1.807, 2.05) is 31.2 Å². The molecule has 2 amide bonds. The first-order valence-corrected chi connectivity index (χ1v) is 10.7. The molecule has 148 valence electrons. The van der Waals surface area contributed by atoms with Gasteiger partial charge >= 0.3 is 0 Å². The molecule has 0 saturated carbocycles. The second-order valence-electron chi connectivity index (χ2n) is 7.21. The van der Waals surface area contributed by atoms with Crippen LogP contribution in [0, 0.1) is 6.92 Å². The third-order valence-corrected chi connectivity index (χ3v) is 6.38. The lowest BCUT2D eigenvalue weighted by molar-refractivity contribution is 0.102. The van der Waals surface area contributed by atoms with E-state index in [4.69, 9.17) is 0 Å². The number of thiophene rings is 1. The Balaban J connectivity index is 1.68. The third-order valence-electron chi connectivity index (χ3n) is 5.17. The average Bonchev–Trinajstić information content (AvgIpc) is 2.89. The van der Waals surface area contributed by atoms with Gasteiger partial charge in [-0.05, 0) is 61.9 Å².